The maximum atomic E-state index is 13.0. The van der Waals surface area contributed by atoms with E-state index < -0.39 is 12.6 Å². The third-order valence-electron chi connectivity index (χ3n) is 4.47. The van der Waals surface area contributed by atoms with Gasteiger partial charge in [-0.05, 0) is 61.2 Å². The number of aliphatic carboxylic acids is 1. The molecule has 0 spiro atoms. The Bertz CT molecular complexity index is 824. The van der Waals surface area contributed by atoms with E-state index in [4.69, 9.17) is 9.84 Å². The minimum Gasteiger partial charge on any atom is -0.481 e. The van der Waals surface area contributed by atoms with Gasteiger partial charge in [0.25, 0.3) is 5.91 Å². The molecule has 0 saturated heterocycles. The summed E-state index contributed by atoms with van der Waals surface area (Å²) >= 11 is 0. The van der Waals surface area contributed by atoms with Gasteiger partial charge in [-0.1, -0.05) is 12.1 Å². The smallest absolute Gasteiger partial charge is 0.341 e. The molecule has 0 aromatic heterocycles. The Hall–Kier alpha value is -2.89. The first kappa shape index (κ1) is 17.9. The number of ether oxygens (including phenoxy) is 1. The summed E-state index contributed by atoms with van der Waals surface area (Å²) in [6, 6.07) is 9.76. The standard InChI is InChI=1S/C20H20FNO4/c1-11-7-14(8-12(2)19(11)26-10-18(23)24)20(25)22-17-9-16(17)13-3-5-15(21)6-4-13/h3-8,16-17H,9-10H2,1-2H3,(H,22,25)(H,23,24)/t16-,17+/m0/s1. The van der Waals surface area contributed by atoms with Gasteiger partial charge in [-0.3, -0.25) is 4.79 Å². The van der Waals surface area contributed by atoms with Crippen molar-refractivity contribution in [2.75, 3.05) is 6.61 Å². The van der Waals surface area contributed by atoms with Crippen LogP contribution in [0.15, 0.2) is 36.4 Å². The molecule has 2 aromatic carbocycles. The molecule has 0 heterocycles. The van der Waals surface area contributed by atoms with Crippen molar-refractivity contribution in [2.45, 2.75) is 32.2 Å². The molecule has 0 unspecified atom stereocenters. The van der Waals surface area contributed by atoms with Crippen LogP contribution in [0.4, 0.5) is 4.39 Å². The zero-order chi connectivity index (χ0) is 18.8. The molecule has 5 nitrogen and oxygen atoms in total. The maximum Gasteiger partial charge on any atom is 0.341 e. The topological polar surface area (TPSA) is 75.6 Å². The lowest BCUT2D eigenvalue weighted by molar-refractivity contribution is -0.139. The second-order valence-corrected chi connectivity index (χ2v) is 6.60. The van der Waals surface area contributed by atoms with Crippen molar-refractivity contribution in [2.24, 2.45) is 0 Å². The van der Waals surface area contributed by atoms with Crippen LogP contribution in [0.1, 0.15) is 39.4 Å². The van der Waals surface area contributed by atoms with Gasteiger partial charge in [-0.25, -0.2) is 9.18 Å². The molecule has 0 radical (unpaired) electrons. The first-order valence-electron chi connectivity index (χ1n) is 8.37. The predicted octanol–water partition coefficient (Wildman–Crippen LogP) is 3.19. The summed E-state index contributed by atoms with van der Waals surface area (Å²) in [5.41, 5.74) is 2.94. The van der Waals surface area contributed by atoms with Gasteiger partial charge < -0.3 is 15.2 Å². The Morgan fingerprint density at radius 3 is 2.38 bits per heavy atom. The van der Waals surface area contributed by atoms with Crippen molar-refractivity contribution >= 4 is 11.9 Å². The van der Waals surface area contributed by atoms with E-state index >= 15 is 0 Å². The summed E-state index contributed by atoms with van der Waals surface area (Å²) in [5.74, 6) is -0.813. The molecule has 1 saturated carbocycles. The Kier molecular flexibility index (Phi) is 4.93. The highest BCUT2D eigenvalue weighted by molar-refractivity contribution is 5.95. The van der Waals surface area contributed by atoms with Gasteiger partial charge >= 0.3 is 5.97 Å². The molecule has 6 heteroatoms. The molecule has 1 aliphatic carbocycles. The van der Waals surface area contributed by atoms with Crippen molar-refractivity contribution in [1.29, 1.82) is 0 Å². The average molecular weight is 357 g/mol. The van der Waals surface area contributed by atoms with Gasteiger partial charge in [0.15, 0.2) is 6.61 Å². The fraction of sp³-hybridized carbons (Fsp3) is 0.300. The number of carboxylic acid groups (broad SMARTS) is 1. The minimum atomic E-state index is -1.05. The van der Waals surface area contributed by atoms with Crippen LogP contribution < -0.4 is 10.1 Å². The molecule has 2 aromatic rings. The first-order chi connectivity index (χ1) is 12.3. The van der Waals surface area contributed by atoms with Crippen molar-refractivity contribution in [3.05, 3.63) is 64.5 Å². The van der Waals surface area contributed by atoms with E-state index in [9.17, 15) is 14.0 Å². The minimum absolute atomic E-state index is 0.0384. The van der Waals surface area contributed by atoms with E-state index in [1.165, 1.54) is 12.1 Å². The van der Waals surface area contributed by atoms with Crippen LogP contribution in [0.2, 0.25) is 0 Å². The highest BCUT2D eigenvalue weighted by Gasteiger charge is 2.39. The first-order valence-corrected chi connectivity index (χ1v) is 8.37. The van der Waals surface area contributed by atoms with E-state index in [0.717, 1.165) is 12.0 Å². The quantitative estimate of drug-likeness (QED) is 0.832. The van der Waals surface area contributed by atoms with Gasteiger partial charge in [-0.15, -0.1) is 0 Å². The van der Waals surface area contributed by atoms with Gasteiger partial charge in [0, 0.05) is 17.5 Å². The van der Waals surface area contributed by atoms with Gasteiger partial charge in [0.2, 0.25) is 0 Å². The van der Waals surface area contributed by atoms with Gasteiger partial charge in [0.1, 0.15) is 11.6 Å². The molecule has 1 fully saturated rings. The monoisotopic (exact) mass is 357 g/mol. The summed E-state index contributed by atoms with van der Waals surface area (Å²) in [4.78, 5) is 23.2. The number of benzene rings is 2. The van der Waals surface area contributed by atoms with Crippen molar-refractivity contribution in [1.82, 2.24) is 5.32 Å². The molecule has 2 N–H and O–H groups in total. The lowest BCUT2D eigenvalue weighted by Crippen LogP contribution is -2.26. The largest absolute Gasteiger partial charge is 0.481 e. The normalized spacial score (nSPS) is 18.3. The van der Waals surface area contributed by atoms with E-state index in [1.54, 1.807) is 38.1 Å². The number of nitrogens with one attached hydrogen (secondary N) is 1. The van der Waals surface area contributed by atoms with E-state index in [1.807, 2.05) is 0 Å². The summed E-state index contributed by atoms with van der Waals surface area (Å²) in [7, 11) is 0. The van der Waals surface area contributed by atoms with Crippen LogP contribution in [0.5, 0.6) is 5.75 Å². The Labute approximate surface area is 150 Å². The zero-order valence-electron chi connectivity index (χ0n) is 14.6. The highest BCUT2D eigenvalue weighted by Crippen LogP contribution is 2.41. The number of aryl methyl sites for hydroxylation is 2. The summed E-state index contributed by atoms with van der Waals surface area (Å²) in [6.07, 6.45) is 0.829. The second kappa shape index (κ2) is 7.15. The van der Waals surface area contributed by atoms with Gasteiger partial charge in [-0.2, -0.15) is 0 Å². The third kappa shape index (κ3) is 4.02. The number of halogens is 1. The summed E-state index contributed by atoms with van der Waals surface area (Å²) in [6.45, 7) is 3.13. The number of amides is 1. The second-order valence-electron chi connectivity index (χ2n) is 6.60. The summed E-state index contributed by atoms with van der Waals surface area (Å²) < 4.78 is 18.3. The van der Waals surface area contributed by atoms with Crippen LogP contribution in [0, 0.1) is 19.7 Å². The number of carbonyl (C=O) groups excluding carboxylic acids is 1. The SMILES string of the molecule is Cc1cc(C(=O)N[C@@H]2C[C@H]2c2ccc(F)cc2)cc(C)c1OCC(=O)O. The van der Waals surface area contributed by atoms with Crippen LogP contribution in [-0.2, 0) is 4.79 Å². The molecule has 2 atom stereocenters. The van der Waals surface area contributed by atoms with Crippen LogP contribution in [0.25, 0.3) is 0 Å². The molecule has 0 aliphatic heterocycles. The fourth-order valence-electron chi connectivity index (χ4n) is 3.13. The molecule has 136 valence electrons. The molecule has 26 heavy (non-hydrogen) atoms. The van der Waals surface area contributed by atoms with E-state index in [-0.39, 0.29) is 23.7 Å². The summed E-state index contributed by atoms with van der Waals surface area (Å²) in [5, 5.41) is 11.7. The van der Waals surface area contributed by atoms with E-state index in [2.05, 4.69) is 5.32 Å². The number of carbonyl (C=O) groups is 2. The Morgan fingerprint density at radius 1 is 1.19 bits per heavy atom. The van der Waals surface area contributed by atoms with Gasteiger partial charge in [0.05, 0.1) is 0 Å². The van der Waals surface area contributed by atoms with Crippen LogP contribution in [0.3, 0.4) is 0 Å². The number of hydrogen-bond donors (Lipinski definition) is 2. The molecular weight excluding hydrogens is 337 g/mol. The van der Waals surface area contributed by atoms with Crippen LogP contribution >= 0.6 is 0 Å². The Morgan fingerprint density at radius 2 is 1.81 bits per heavy atom. The fourth-order valence-corrected chi connectivity index (χ4v) is 3.13. The van der Waals surface area contributed by atoms with Crippen molar-refractivity contribution in [3.8, 4) is 5.75 Å². The van der Waals surface area contributed by atoms with E-state index in [0.29, 0.717) is 22.4 Å². The highest BCUT2D eigenvalue weighted by atomic mass is 19.1. The Balaban J connectivity index is 1.65. The number of hydrogen-bond acceptors (Lipinski definition) is 3. The third-order valence-corrected chi connectivity index (χ3v) is 4.47. The van der Waals surface area contributed by atoms with Crippen molar-refractivity contribution in [3.63, 3.8) is 0 Å². The lowest BCUT2D eigenvalue weighted by Gasteiger charge is -2.13. The number of rotatable bonds is 6. The molecule has 1 aliphatic rings. The van der Waals surface area contributed by atoms with Crippen molar-refractivity contribution < 1.29 is 23.8 Å². The molecule has 3 rings (SSSR count). The number of carboxylic acids is 1. The van der Waals surface area contributed by atoms with Crippen LogP contribution in [-0.4, -0.2) is 29.6 Å². The zero-order valence-corrected chi connectivity index (χ0v) is 14.6. The maximum absolute atomic E-state index is 13.0. The molecular formula is C20H20FNO4. The lowest BCUT2D eigenvalue weighted by atomic mass is 10.0. The molecule has 0 bridgehead atoms. The molecule has 1 amide bonds. The average Bonchev–Trinajstić information content (AvgIpc) is 3.33. The predicted molar refractivity (Wildman–Crippen MR) is 94.1 cm³/mol.